The van der Waals surface area contributed by atoms with Crippen LogP contribution in [0.15, 0.2) is 23.0 Å². The van der Waals surface area contributed by atoms with Crippen molar-refractivity contribution >= 4 is 11.0 Å². The molecule has 4 nitrogen and oxygen atoms in total. The van der Waals surface area contributed by atoms with E-state index < -0.39 is 5.92 Å². The van der Waals surface area contributed by atoms with Crippen molar-refractivity contribution in [1.82, 2.24) is 15.3 Å². The Morgan fingerprint density at radius 1 is 1.26 bits per heavy atom. The molecule has 0 saturated carbocycles. The molecule has 0 aliphatic carbocycles. The first kappa shape index (κ1) is 12.3. The first-order valence-electron chi connectivity index (χ1n) is 6.36. The number of aromatic amines is 2. The molecular weight excluding hydrogens is 252 g/mol. The summed E-state index contributed by atoms with van der Waals surface area (Å²) in [7, 11) is 0. The molecule has 1 fully saturated rings. The first-order valence-corrected chi connectivity index (χ1v) is 6.36. The van der Waals surface area contributed by atoms with E-state index in [-0.39, 0.29) is 23.6 Å². The Morgan fingerprint density at radius 3 is 2.79 bits per heavy atom. The summed E-state index contributed by atoms with van der Waals surface area (Å²) in [4.78, 5) is 16.2. The summed E-state index contributed by atoms with van der Waals surface area (Å²) in [5.41, 5.74) is 0.552. The second kappa shape index (κ2) is 4.45. The summed E-state index contributed by atoms with van der Waals surface area (Å²) < 4.78 is 28.4. The van der Waals surface area contributed by atoms with Crippen molar-refractivity contribution < 1.29 is 8.78 Å². The van der Waals surface area contributed by atoms with E-state index in [1.807, 2.05) is 0 Å². The van der Waals surface area contributed by atoms with Crippen molar-refractivity contribution in [3.8, 4) is 0 Å². The highest BCUT2D eigenvalue weighted by Gasteiger charge is 2.35. The molecule has 102 valence electrons. The van der Waals surface area contributed by atoms with Crippen LogP contribution in [-0.4, -0.2) is 23.1 Å². The maximum atomic E-state index is 14.2. The topological polar surface area (TPSA) is 60.7 Å². The van der Waals surface area contributed by atoms with Gasteiger partial charge in [0.05, 0.1) is 11.0 Å². The molecule has 0 bridgehead atoms. The minimum absolute atomic E-state index is 0.0102. The lowest BCUT2D eigenvalue weighted by molar-refractivity contribution is -0.0267. The zero-order chi connectivity index (χ0) is 13.5. The first-order chi connectivity index (χ1) is 9.04. The number of imidazole rings is 1. The number of fused-ring (bicyclic) bond motifs is 1. The highest BCUT2D eigenvalue weighted by molar-refractivity contribution is 5.75. The lowest BCUT2D eigenvalue weighted by atomic mass is 9.95. The minimum atomic E-state index is -2.86. The molecule has 2 aromatic rings. The third-order valence-electron chi connectivity index (χ3n) is 3.65. The van der Waals surface area contributed by atoms with Gasteiger partial charge in [-0.25, -0.2) is 13.6 Å². The van der Waals surface area contributed by atoms with Crippen molar-refractivity contribution in [1.29, 1.82) is 0 Å². The molecular formula is C13H15F2N3O. The molecule has 0 spiro atoms. The van der Waals surface area contributed by atoms with Gasteiger partial charge >= 0.3 is 5.69 Å². The molecule has 0 radical (unpaired) electrons. The number of hydrogen-bond acceptors (Lipinski definition) is 2. The van der Waals surface area contributed by atoms with Crippen LogP contribution in [0.5, 0.6) is 0 Å². The van der Waals surface area contributed by atoms with E-state index in [4.69, 9.17) is 0 Å². The average Bonchev–Trinajstić information content (AvgIpc) is 2.95. The number of alkyl halides is 2. The molecule has 1 aliphatic heterocycles. The van der Waals surface area contributed by atoms with Gasteiger partial charge in [-0.2, -0.15) is 0 Å². The normalized spacial score (nSPS) is 20.2. The average molecular weight is 267 g/mol. The molecule has 6 heteroatoms. The second-order valence-corrected chi connectivity index (χ2v) is 5.11. The van der Waals surface area contributed by atoms with Crippen LogP contribution in [0.25, 0.3) is 11.0 Å². The summed E-state index contributed by atoms with van der Waals surface area (Å²) in [6, 6.07) is 4.26. The van der Waals surface area contributed by atoms with Crippen LogP contribution in [0.4, 0.5) is 8.78 Å². The Hall–Kier alpha value is -1.69. The quantitative estimate of drug-likeness (QED) is 0.796. The Morgan fingerprint density at radius 2 is 2.05 bits per heavy atom. The SMILES string of the molecule is O=c1[nH]c2ccc(C(F)(F)CC3CCNC3)cc2[nH]1. The Kier molecular flexibility index (Phi) is 2.89. The van der Waals surface area contributed by atoms with Crippen LogP contribution in [0.3, 0.4) is 0 Å². The zero-order valence-electron chi connectivity index (χ0n) is 10.3. The van der Waals surface area contributed by atoms with Gasteiger partial charge in [0.15, 0.2) is 0 Å². The molecule has 0 amide bonds. The lowest BCUT2D eigenvalue weighted by Crippen LogP contribution is -2.20. The fraction of sp³-hybridized carbons (Fsp3) is 0.462. The molecule has 1 unspecified atom stereocenters. The van der Waals surface area contributed by atoms with Crippen LogP contribution in [0.1, 0.15) is 18.4 Å². The van der Waals surface area contributed by atoms with E-state index in [0.29, 0.717) is 17.6 Å². The summed E-state index contributed by atoms with van der Waals surface area (Å²) in [5.74, 6) is -2.85. The van der Waals surface area contributed by atoms with Crippen molar-refractivity contribution in [3.05, 3.63) is 34.2 Å². The summed E-state index contributed by atoms with van der Waals surface area (Å²) >= 11 is 0. The standard InChI is InChI=1S/C13H15F2N3O/c14-13(15,6-8-3-4-16-7-8)9-1-2-10-11(5-9)18-12(19)17-10/h1-2,5,8,16H,3-4,6-7H2,(H2,17,18,19). The largest absolute Gasteiger partial charge is 0.323 e. The summed E-state index contributed by atoms with van der Waals surface area (Å²) in [6.45, 7) is 1.46. The minimum Gasteiger partial charge on any atom is -0.316 e. The van der Waals surface area contributed by atoms with Crippen LogP contribution in [-0.2, 0) is 5.92 Å². The Labute approximate surface area is 108 Å². The second-order valence-electron chi connectivity index (χ2n) is 5.11. The number of rotatable bonds is 3. The fourth-order valence-electron chi connectivity index (χ4n) is 2.63. The third-order valence-corrected chi connectivity index (χ3v) is 3.65. The fourth-order valence-corrected chi connectivity index (χ4v) is 2.63. The molecule has 3 N–H and O–H groups in total. The summed E-state index contributed by atoms with van der Waals surface area (Å²) in [5, 5.41) is 3.09. The predicted molar refractivity (Wildman–Crippen MR) is 68.4 cm³/mol. The zero-order valence-corrected chi connectivity index (χ0v) is 10.3. The molecule has 1 saturated heterocycles. The van der Waals surface area contributed by atoms with E-state index >= 15 is 0 Å². The maximum Gasteiger partial charge on any atom is 0.323 e. The van der Waals surface area contributed by atoms with Crippen molar-refractivity contribution in [2.24, 2.45) is 5.92 Å². The number of halogens is 2. The predicted octanol–water partition coefficient (Wildman–Crippen LogP) is 1.95. The molecule has 1 aromatic heterocycles. The smallest absolute Gasteiger partial charge is 0.316 e. The maximum absolute atomic E-state index is 14.2. The van der Waals surface area contributed by atoms with Crippen molar-refractivity contribution in [2.75, 3.05) is 13.1 Å². The number of hydrogen-bond donors (Lipinski definition) is 3. The number of nitrogens with one attached hydrogen (secondary N) is 3. The highest BCUT2D eigenvalue weighted by Crippen LogP contribution is 2.37. The molecule has 1 atom stereocenters. The van der Waals surface area contributed by atoms with Gasteiger partial charge in [0.1, 0.15) is 0 Å². The monoisotopic (exact) mass is 267 g/mol. The van der Waals surface area contributed by atoms with Crippen LogP contribution in [0.2, 0.25) is 0 Å². The van der Waals surface area contributed by atoms with Gasteiger partial charge in [0, 0.05) is 12.0 Å². The van der Waals surface area contributed by atoms with Crippen LogP contribution in [0, 0.1) is 5.92 Å². The van der Waals surface area contributed by atoms with Gasteiger partial charge in [-0.05, 0) is 37.6 Å². The van der Waals surface area contributed by atoms with E-state index in [1.54, 1.807) is 0 Å². The Balaban J connectivity index is 1.90. The highest BCUT2D eigenvalue weighted by atomic mass is 19.3. The van der Waals surface area contributed by atoms with Gasteiger partial charge in [0.25, 0.3) is 5.92 Å². The molecule has 19 heavy (non-hydrogen) atoms. The lowest BCUT2D eigenvalue weighted by Gasteiger charge is -2.20. The van der Waals surface area contributed by atoms with E-state index in [2.05, 4.69) is 15.3 Å². The van der Waals surface area contributed by atoms with E-state index in [1.165, 1.54) is 18.2 Å². The van der Waals surface area contributed by atoms with Gasteiger partial charge < -0.3 is 15.3 Å². The number of benzene rings is 1. The van der Waals surface area contributed by atoms with Gasteiger partial charge in [-0.3, -0.25) is 0 Å². The Bertz CT molecular complexity index is 641. The van der Waals surface area contributed by atoms with Gasteiger partial charge in [0.2, 0.25) is 0 Å². The molecule has 1 aliphatic rings. The van der Waals surface area contributed by atoms with Crippen LogP contribution >= 0.6 is 0 Å². The van der Waals surface area contributed by atoms with Gasteiger partial charge in [-0.15, -0.1) is 0 Å². The third kappa shape index (κ3) is 2.40. The van der Waals surface area contributed by atoms with E-state index in [0.717, 1.165) is 13.0 Å². The van der Waals surface area contributed by atoms with Gasteiger partial charge in [-0.1, -0.05) is 6.07 Å². The van der Waals surface area contributed by atoms with Crippen molar-refractivity contribution in [3.63, 3.8) is 0 Å². The summed E-state index contributed by atoms with van der Waals surface area (Å²) in [6.07, 6.45) is 0.638. The number of H-pyrrole nitrogens is 2. The molecule has 1 aromatic carbocycles. The number of aromatic nitrogens is 2. The van der Waals surface area contributed by atoms with Crippen molar-refractivity contribution in [2.45, 2.75) is 18.8 Å². The van der Waals surface area contributed by atoms with Crippen LogP contribution < -0.4 is 11.0 Å². The molecule has 2 heterocycles. The van der Waals surface area contributed by atoms with E-state index in [9.17, 15) is 13.6 Å². The molecule has 3 rings (SSSR count).